The molecule has 0 radical (unpaired) electrons. The summed E-state index contributed by atoms with van der Waals surface area (Å²) in [6.07, 6.45) is 3.20. The maximum Gasteiger partial charge on any atom is 0.276 e. The standard InChI is InChI=1S/C19H19FN4O4S/c1-4-7-19(2)11-28-17-15(29(26,27)23-19)10-24(3)16(17)18(25)22-13-5-6-14(20)12(8-13)9-21/h4-6,8,10,23H,1,7,11H2,2-3H3,(H,22,25). The number of nitriles is 1. The molecule has 1 aliphatic rings. The molecule has 0 fully saturated rings. The van der Waals surface area contributed by atoms with Gasteiger partial charge >= 0.3 is 0 Å². The van der Waals surface area contributed by atoms with E-state index in [0.717, 1.165) is 6.07 Å². The van der Waals surface area contributed by atoms with Crippen molar-refractivity contribution in [1.29, 1.82) is 5.26 Å². The van der Waals surface area contributed by atoms with Crippen molar-refractivity contribution in [1.82, 2.24) is 9.29 Å². The Bertz CT molecular complexity index is 1150. The van der Waals surface area contributed by atoms with Gasteiger partial charge in [0.1, 0.15) is 23.4 Å². The summed E-state index contributed by atoms with van der Waals surface area (Å²) >= 11 is 0. The number of hydrogen-bond donors (Lipinski definition) is 2. The summed E-state index contributed by atoms with van der Waals surface area (Å²) < 4.78 is 48.8. The molecule has 0 spiro atoms. The Morgan fingerprint density at radius 2 is 2.28 bits per heavy atom. The van der Waals surface area contributed by atoms with Gasteiger partial charge in [-0.1, -0.05) is 6.08 Å². The second kappa shape index (κ2) is 7.35. The van der Waals surface area contributed by atoms with Gasteiger partial charge in [-0.2, -0.15) is 5.26 Å². The van der Waals surface area contributed by atoms with Crippen molar-refractivity contribution in [3.05, 3.63) is 54.1 Å². The normalized spacial score (nSPS) is 19.9. The van der Waals surface area contributed by atoms with Crippen LogP contribution in [0.1, 0.15) is 29.4 Å². The molecule has 2 heterocycles. The molecule has 0 bridgehead atoms. The predicted molar refractivity (Wildman–Crippen MR) is 104 cm³/mol. The Morgan fingerprint density at radius 3 is 2.93 bits per heavy atom. The molecule has 0 aliphatic carbocycles. The van der Waals surface area contributed by atoms with E-state index in [1.807, 2.05) is 0 Å². The van der Waals surface area contributed by atoms with Crippen LogP contribution in [0.5, 0.6) is 5.75 Å². The maximum absolute atomic E-state index is 13.5. The van der Waals surface area contributed by atoms with Crippen molar-refractivity contribution >= 4 is 21.6 Å². The maximum atomic E-state index is 13.5. The molecular weight excluding hydrogens is 399 g/mol. The number of ether oxygens (including phenoxy) is 1. The average Bonchev–Trinajstić information content (AvgIpc) is 2.94. The van der Waals surface area contributed by atoms with Crippen molar-refractivity contribution in [2.45, 2.75) is 23.8 Å². The van der Waals surface area contributed by atoms with E-state index >= 15 is 0 Å². The van der Waals surface area contributed by atoms with E-state index in [1.54, 1.807) is 19.1 Å². The summed E-state index contributed by atoms with van der Waals surface area (Å²) in [5.74, 6) is -1.44. The predicted octanol–water partition coefficient (Wildman–Crippen LogP) is 2.29. The van der Waals surface area contributed by atoms with Crippen molar-refractivity contribution < 1.29 is 22.3 Å². The van der Waals surface area contributed by atoms with Crippen LogP contribution in [0.15, 0.2) is 41.9 Å². The van der Waals surface area contributed by atoms with E-state index in [0.29, 0.717) is 6.42 Å². The van der Waals surface area contributed by atoms with Gasteiger partial charge in [-0.3, -0.25) is 4.79 Å². The molecule has 8 nitrogen and oxygen atoms in total. The molecule has 2 aromatic rings. The molecule has 1 aromatic carbocycles. The highest BCUT2D eigenvalue weighted by Crippen LogP contribution is 2.35. The molecular formula is C19H19FN4O4S. The second-order valence-electron chi connectivity index (χ2n) is 6.99. The monoisotopic (exact) mass is 418 g/mol. The first-order chi connectivity index (χ1) is 13.6. The minimum Gasteiger partial charge on any atom is -0.488 e. The summed E-state index contributed by atoms with van der Waals surface area (Å²) in [5.41, 5.74) is -0.973. The molecule has 1 aromatic heterocycles. The number of hydrogen-bond acceptors (Lipinski definition) is 5. The molecule has 10 heteroatoms. The first kappa shape index (κ1) is 20.6. The van der Waals surface area contributed by atoms with E-state index in [2.05, 4.69) is 16.6 Å². The first-order valence-corrected chi connectivity index (χ1v) is 10.1. The average molecular weight is 418 g/mol. The van der Waals surface area contributed by atoms with Gasteiger partial charge in [0.15, 0.2) is 11.4 Å². The number of benzene rings is 1. The molecule has 29 heavy (non-hydrogen) atoms. The Morgan fingerprint density at radius 1 is 1.55 bits per heavy atom. The largest absolute Gasteiger partial charge is 0.488 e. The van der Waals surface area contributed by atoms with E-state index in [-0.39, 0.29) is 34.2 Å². The lowest BCUT2D eigenvalue weighted by atomic mass is 10.0. The number of fused-ring (bicyclic) bond motifs is 1. The summed E-state index contributed by atoms with van der Waals surface area (Å²) in [7, 11) is -2.44. The van der Waals surface area contributed by atoms with Crippen LogP contribution in [0.25, 0.3) is 0 Å². The van der Waals surface area contributed by atoms with Crippen LogP contribution in [0.2, 0.25) is 0 Å². The topological polar surface area (TPSA) is 113 Å². The SMILES string of the molecule is C=CCC1(C)COc2c(cn(C)c2C(=O)Nc2ccc(F)c(C#N)c2)S(=O)(=O)N1. The lowest BCUT2D eigenvalue weighted by Crippen LogP contribution is -2.48. The minimum atomic E-state index is -3.95. The Labute approximate surface area is 167 Å². The lowest BCUT2D eigenvalue weighted by molar-refractivity contribution is 0.101. The number of carbonyl (C=O) groups excluding carboxylic acids is 1. The third kappa shape index (κ3) is 3.87. The van der Waals surface area contributed by atoms with Gasteiger partial charge in [-0.15, -0.1) is 6.58 Å². The van der Waals surface area contributed by atoms with Crippen LogP contribution >= 0.6 is 0 Å². The third-order valence-corrected chi connectivity index (χ3v) is 6.09. The van der Waals surface area contributed by atoms with Crippen LogP contribution in [0.4, 0.5) is 10.1 Å². The Kier molecular flexibility index (Phi) is 5.21. The number of aromatic nitrogens is 1. The number of sulfonamides is 1. The van der Waals surface area contributed by atoms with Crippen molar-refractivity contribution in [2.75, 3.05) is 11.9 Å². The summed E-state index contributed by atoms with van der Waals surface area (Å²) in [6.45, 7) is 5.31. The third-order valence-electron chi connectivity index (χ3n) is 4.46. The summed E-state index contributed by atoms with van der Waals surface area (Å²) in [6, 6.07) is 5.25. The van der Waals surface area contributed by atoms with E-state index < -0.39 is 27.3 Å². The van der Waals surface area contributed by atoms with Crippen molar-refractivity contribution in [3.8, 4) is 11.8 Å². The number of amides is 1. The van der Waals surface area contributed by atoms with Gasteiger partial charge in [0.2, 0.25) is 10.0 Å². The highest BCUT2D eigenvalue weighted by molar-refractivity contribution is 7.89. The summed E-state index contributed by atoms with van der Waals surface area (Å²) in [4.78, 5) is 12.7. The molecule has 1 atom stereocenters. The number of carbonyl (C=O) groups is 1. The molecule has 3 rings (SSSR count). The minimum absolute atomic E-state index is 0.00925. The molecule has 152 valence electrons. The molecule has 0 saturated carbocycles. The van der Waals surface area contributed by atoms with Gasteiger partial charge in [0.05, 0.1) is 11.1 Å². The second-order valence-corrected chi connectivity index (χ2v) is 8.64. The van der Waals surface area contributed by atoms with Gasteiger partial charge in [0, 0.05) is 18.9 Å². The number of aryl methyl sites for hydroxylation is 1. The number of halogens is 1. The zero-order valence-corrected chi connectivity index (χ0v) is 16.6. The zero-order chi connectivity index (χ0) is 21.4. The Hall–Kier alpha value is -3.16. The van der Waals surface area contributed by atoms with Crippen molar-refractivity contribution in [3.63, 3.8) is 0 Å². The highest BCUT2D eigenvalue weighted by atomic mass is 32.2. The summed E-state index contributed by atoms with van der Waals surface area (Å²) in [5, 5.41) is 11.5. The quantitative estimate of drug-likeness (QED) is 0.740. The lowest BCUT2D eigenvalue weighted by Gasteiger charge is -2.26. The zero-order valence-electron chi connectivity index (χ0n) is 15.8. The van der Waals surface area contributed by atoms with Gasteiger partial charge in [-0.05, 0) is 31.5 Å². The van der Waals surface area contributed by atoms with Gasteiger partial charge in [-0.25, -0.2) is 17.5 Å². The van der Waals surface area contributed by atoms with E-state index in [9.17, 15) is 17.6 Å². The fraction of sp³-hybridized carbons (Fsp3) is 0.263. The number of anilines is 1. The molecule has 0 saturated heterocycles. The number of nitrogens with zero attached hydrogens (tertiary/aromatic N) is 2. The van der Waals surface area contributed by atoms with Crippen LogP contribution in [0, 0.1) is 17.1 Å². The molecule has 1 amide bonds. The van der Waals surface area contributed by atoms with Crippen LogP contribution in [-0.2, 0) is 17.1 Å². The van der Waals surface area contributed by atoms with E-state index in [4.69, 9.17) is 10.00 Å². The first-order valence-electron chi connectivity index (χ1n) is 8.58. The van der Waals surface area contributed by atoms with Gasteiger partial charge in [0.25, 0.3) is 5.91 Å². The Balaban J connectivity index is 1.99. The fourth-order valence-electron chi connectivity index (χ4n) is 3.11. The molecule has 1 aliphatic heterocycles. The highest BCUT2D eigenvalue weighted by Gasteiger charge is 2.39. The number of rotatable bonds is 4. The molecule has 2 N–H and O–H groups in total. The fourth-order valence-corrected chi connectivity index (χ4v) is 4.71. The van der Waals surface area contributed by atoms with Crippen molar-refractivity contribution in [2.24, 2.45) is 7.05 Å². The van der Waals surface area contributed by atoms with E-state index in [1.165, 1.54) is 29.9 Å². The molecule has 1 unspecified atom stereocenters. The number of nitrogens with one attached hydrogen (secondary N) is 2. The van der Waals surface area contributed by atoms with Gasteiger partial charge < -0.3 is 14.6 Å². The van der Waals surface area contributed by atoms with Crippen LogP contribution in [0.3, 0.4) is 0 Å². The van der Waals surface area contributed by atoms with Crippen LogP contribution < -0.4 is 14.8 Å². The smallest absolute Gasteiger partial charge is 0.276 e. The van der Waals surface area contributed by atoms with Crippen LogP contribution in [-0.4, -0.2) is 31.0 Å².